The van der Waals surface area contributed by atoms with Gasteiger partial charge < -0.3 is 5.73 Å². The molecule has 2 aromatic rings. The fourth-order valence-corrected chi connectivity index (χ4v) is 4.80. The molecule has 0 saturated carbocycles. The van der Waals surface area contributed by atoms with Gasteiger partial charge in [-0.15, -0.1) is 0 Å². The minimum absolute atomic E-state index is 0.308. The van der Waals surface area contributed by atoms with Crippen molar-refractivity contribution in [3.63, 3.8) is 0 Å². The normalized spacial score (nSPS) is 16.7. The van der Waals surface area contributed by atoms with E-state index in [9.17, 15) is 13.2 Å². The maximum absolute atomic E-state index is 12.7. The summed E-state index contributed by atoms with van der Waals surface area (Å²) in [6, 6.07) is 15.5. The average Bonchev–Trinajstić information content (AvgIpc) is 2.70. The summed E-state index contributed by atoms with van der Waals surface area (Å²) in [6.07, 6.45) is 2.91. The zero-order valence-corrected chi connectivity index (χ0v) is 16.0. The number of nitrogens with zero attached hydrogens (tertiary/aromatic N) is 1. The second-order valence-electron chi connectivity index (χ2n) is 6.74. The molecule has 1 saturated heterocycles. The molecule has 1 heterocycles. The molecule has 0 radical (unpaired) electrons. The van der Waals surface area contributed by atoms with E-state index in [0.29, 0.717) is 24.5 Å². The van der Waals surface area contributed by atoms with Crippen molar-refractivity contribution in [1.82, 2.24) is 9.62 Å². The molecule has 3 rings (SSSR count). The van der Waals surface area contributed by atoms with Crippen LogP contribution in [0, 0.1) is 0 Å². The number of hydrogen-bond donors (Lipinski definition) is 2. The first-order valence-corrected chi connectivity index (χ1v) is 10.6. The van der Waals surface area contributed by atoms with Crippen LogP contribution in [0.3, 0.4) is 0 Å². The van der Waals surface area contributed by atoms with Gasteiger partial charge in [-0.25, -0.2) is 8.42 Å². The fraction of sp³-hybridized carbons (Fsp3) is 0.350. The van der Waals surface area contributed by atoms with E-state index in [4.69, 9.17) is 5.73 Å². The monoisotopic (exact) mass is 387 g/mol. The highest BCUT2D eigenvalue weighted by atomic mass is 32.2. The quantitative estimate of drug-likeness (QED) is 0.762. The van der Waals surface area contributed by atoms with Crippen molar-refractivity contribution in [1.29, 1.82) is 0 Å². The van der Waals surface area contributed by atoms with Crippen LogP contribution >= 0.6 is 0 Å². The maximum atomic E-state index is 12.7. The third kappa shape index (κ3) is 4.74. The summed E-state index contributed by atoms with van der Waals surface area (Å²) in [5.74, 6) is -0.453. The number of primary amides is 1. The Morgan fingerprint density at radius 1 is 1.00 bits per heavy atom. The molecule has 1 atom stereocenters. The Hall–Kier alpha value is -2.22. The third-order valence-electron chi connectivity index (χ3n) is 4.80. The van der Waals surface area contributed by atoms with Crippen molar-refractivity contribution >= 4 is 15.9 Å². The Balaban J connectivity index is 1.67. The summed E-state index contributed by atoms with van der Waals surface area (Å²) in [5, 5.41) is 3.14. The van der Waals surface area contributed by atoms with Crippen LogP contribution in [0.4, 0.5) is 0 Å². The van der Waals surface area contributed by atoms with Gasteiger partial charge in [-0.3, -0.25) is 10.1 Å². The summed E-state index contributed by atoms with van der Waals surface area (Å²) in [6.45, 7) is 1.58. The highest BCUT2D eigenvalue weighted by Crippen LogP contribution is 2.21. The molecule has 0 aliphatic carbocycles. The molecule has 7 heteroatoms. The van der Waals surface area contributed by atoms with Gasteiger partial charge in [0.1, 0.15) is 6.04 Å². The number of nitrogens with two attached hydrogens (primary N) is 1. The predicted octanol–water partition coefficient (Wildman–Crippen LogP) is 2.18. The summed E-state index contributed by atoms with van der Waals surface area (Å²) < 4.78 is 26.9. The maximum Gasteiger partial charge on any atom is 0.243 e. The summed E-state index contributed by atoms with van der Waals surface area (Å²) in [4.78, 5) is 12.1. The first-order chi connectivity index (χ1) is 13.0. The number of amides is 1. The van der Waals surface area contributed by atoms with E-state index in [0.717, 1.165) is 30.4 Å². The smallest absolute Gasteiger partial charge is 0.243 e. The average molecular weight is 388 g/mol. The lowest BCUT2D eigenvalue weighted by molar-refractivity contribution is -0.120. The van der Waals surface area contributed by atoms with Crippen LogP contribution in [-0.4, -0.2) is 31.7 Å². The molecule has 144 valence electrons. The first kappa shape index (κ1) is 19.5. The van der Waals surface area contributed by atoms with Gasteiger partial charge in [-0.05, 0) is 36.1 Å². The van der Waals surface area contributed by atoms with E-state index in [1.54, 1.807) is 28.6 Å². The molecule has 2 aromatic carbocycles. The molecule has 1 fully saturated rings. The molecular formula is C20H25N3O3S. The number of nitrogens with one attached hydrogen (secondary N) is 1. The van der Waals surface area contributed by atoms with Crippen LogP contribution in [0.25, 0.3) is 0 Å². The van der Waals surface area contributed by atoms with E-state index in [-0.39, 0.29) is 0 Å². The van der Waals surface area contributed by atoms with E-state index in [1.807, 2.05) is 30.3 Å². The molecule has 27 heavy (non-hydrogen) atoms. The van der Waals surface area contributed by atoms with Crippen molar-refractivity contribution in [2.75, 3.05) is 13.1 Å². The zero-order chi connectivity index (χ0) is 19.3. The van der Waals surface area contributed by atoms with Gasteiger partial charge in [-0.2, -0.15) is 4.31 Å². The fourth-order valence-electron chi connectivity index (χ4n) is 3.28. The molecule has 0 bridgehead atoms. The molecular weight excluding hydrogens is 362 g/mol. The van der Waals surface area contributed by atoms with E-state index in [2.05, 4.69) is 5.32 Å². The molecule has 1 amide bonds. The minimum Gasteiger partial charge on any atom is -0.368 e. The van der Waals surface area contributed by atoms with Crippen molar-refractivity contribution < 1.29 is 13.2 Å². The van der Waals surface area contributed by atoms with Crippen LogP contribution in [0.1, 0.15) is 36.4 Å². The molecule has 6 nitrogen and oxygen atoms in total. The molecule has 1 unspecified atom stereocenters. The summed E-state index contributed by atoms with van der Waals surface area (Å²) in [7, 11) is -3.43. The Morgan fingerprint density at radius 3 is 2.22 bits per heavy atom. The highest BCUT2D eigenvalue weighted by molar-refractivity contribution is 7.89. The largest absolute Gasteiger partial charge is 0.368 e. The Morgan fingerprint density at radius 2 is 1.63 bits per heavy atom. The summed E-state index contributed by atoms with van der Waals surface area (Å²) >= 11 is 0. The second kappa shape index (κ2) is 8.65. The van der Waals surface area contributed by atoms with Crippen LogP contribution in [0.15, 0.2) is 59.5 Å². The van der Waals surface area contributed by atoms with Crippen LogP contribution in [-0.2, 0) is 21.4 Å². The number of carbonyl (C=O) groups excluding carboxylic acids is 1. The van der Waals surface area contributed by atoms with Crippen molar-refractivity contribution in [2.45, 2.75) is 36.7 Å². The van der Waals surface area contributed by atoms with E-state index < -0.39 is 22.0 Å². The van der Waals surface area contributed by atoms with Gasteiger partial charge in [0.25, 0.3) is 0 Å². The Kier molecular flexibility index (Phi) is 6.26. The van der Waals surface area contributed by atoms with Gasteiger partial charge in [0, 0.05) is 19.6 Å². The summed E-state index contributed by atoms with van der Waals surface area (Å²) in [5.41, 5.74) is 7.19. The number of piperidine rings is 1. The lowest BCUT2D eigenvalue weighted by atomic mass is 10.1. The van der Waals surface area contributed by atoms with Crippen molar-refractivity contribution in [2.24, 2.45) is 5.73 Å². The van der Waals surface area contributed by atoms with Gasteiger partial charge in [0.05, 0.1) is 4.90 Å². The third-order valence-corrected chi connectivity index (χ3v) is 6.72. The number of benzene rings is 2. The van der Waals surface area contributed by atoms with Crippen molar-refractivity contribution in [3.05, 3.63) is 65.7 Å². The minimum atomic E-state index is -3.43. The van der Waals surface area contributed by atoms with Gasteiger partial charge in [0.2, 0.25) is 15.9 Å². The van der Waals surface area contributed by atoms with E-state index in [1.165, 1.54) is 0 Å². The first-order valence-electron chi connectivity index (χ1n) is 9.15. The van der Waals surface area contributed by atoms with Crippen molar-refractivity contribution in [3.8, 4) is 0 Å². The molecule has 1 aliphatic heterocycles. The zero-order valence-electron chi connectivity index (χ0n) is 15.2. The Labute approximate surface area is 160 Å². The van der Waals surface area contributed by atoms with Gasteiger partial charge in [0.15, 0.2) is 0 Å². The SMILES string of the molecule is NC(=O)C(NCc1ccc(S(=O)(=O)N2CCCCC2)cc1)c1ccccc1. The number of carbonyl (C=O) groups is 1. The predicted molar refractivity (Wildman–Crippen MR) is 104 cm³/mol. The van der Waals surface area contributed by atoms with Crippen LogP contribution < -0.4 is 11.1 Å². The van der Waals surface area contributed by atoms with Crippen LogP contribution in [0.5, 0.6) is 0 Å². The van der Waals surface area contributed by atoms with Gasteiger partial charge >= 0.3 is 0 Å². The molecule has 0 spiro atoms. The molecule has 3 N–H and O–H groups in total. The lowest BCUT2D eigenvalue weighted by Crippen LogP contribution is -2.35. The highest BCUT2D eigenvalue weighted by Gasteiger charge is 2.25. The topological polar surface area (TPSA) is 92.5 Å². The standard InChI is InChI=1S/C20H25N3O3S/c21-20(24)19(17-7-3-1-4-8-17)22-15-16-9-11-18(12-10-16)27(25,26)23-13-5-2-6-14-23/h1,3-4,7-12,19,22H,2,5-6,13-15H2,(H2,21,24). The number of rotatable bonds is 7. The second-order valence-corrected chi connectivity index (χ2v) is 8.67. The Bertz CT molecular complexity index is 861. The lowest BCUT2D eigenvalue weighted by Gasteiger charge is -2.26. The number of hydrogen-bond acceptors (Lipinski definition) is 4. The number of sulfonamides is 1. The van der Waals surface area contributed by atoms with Gasteiger partial charge in [-0.1, -0.05) is 48.9 Å². The van der Waals surface area contributed by atoms with E-state index >= 15 is 0 Å². The van der Waals surface area contributed by atoms with Crippen LogP contribution in [0.2, 0.25) is 0 Å². The molecule has 1 aliphatic rings. The molecule has 0 aromatic heterocycles.